The van der Waals surface area contributed by atoms with Gasteiger partial charge in [-0.25, -0.2) is 9.50 Å². The predicted octanol–water partition coefficient (Wildman–Crippen LogP) is 4.86. The van der Waals surface area contributed by atoms with Gasteiger partial charge in [-0.05, 0) is 86.8 Å². The van der Waals surface area contributed by atoms with Gasteiger partial charge < -0.3 is 19.9 Å². The summed E-state index contributed by atoms with van der Waals surface area (Å²) >= 11 is 1.66. The van der Waals surface area contributed by atoms with Crippen LogP contribution in [0.2, 0.25) is 0 Å². The van der Waals surface area contributed by atoms with Crippen LogP contribution in [0.15, 0.2) is 55.0 Å². The van der Waals surface area contributed by atoms with Crippen LogP contribution in [-0.2, 0) is 14.3 Å². The van der Waals surface area contributed by atoms with Gasteiger partial charge in [0.05, 0.1) is 40.1 Å². The van der Waals surface area contributed by atoms with Crippen LogP contribution in [0.4, 0.5) is 16.6 Å². The molecule has 3 atom stereocenters. The number of nitrogens with zero attached hydrogens (tertiary/aromatic N) is 10. The van der Waals surface area contributed by atoms with Crippen LogP contribution in [0.5, 0.6) is 0 Å². The van der Waals surface area contributed by atoms with Crippen molar-refractivity contribution in [3.63, 3.8) is 0 Å². The Bertz CT molecular complexity index is 2350. The third-order valence-corrected chi connectivity index (χ3v) is 13.6. The molecule has 5 saturated heterocycles. The van der Waals surface area contributed by atoms with E-state index in [4.69, 9.17) is 24.9 Å². The highest BCUT2D eigenvalue weighted by Gasteiger charge is 2.42. The van der Waals surface area contributed by atoms with E-state index in [0.29, 0.717) is 36.4 Å². The Morgan fingerprint density at radius 3 is 2.50 bits per heavy atom. The minimum absolute atomic E-state index is 0.196. The molecule has 2 unspecified atom stereocenters. The number of imide groups is 1. The first kappa shape index (κ1) is 36.8. The van der Waals surface area contributed by atoms with E-state index >= 15 is 0 Å². The van der Waals surface area contributed by atoms with Crippen LogP contribution in [0.1, 0.15) is 68.4 Å². The number of carbonyl (C=O) groups excluding carboxylic acids is 2. The molecular formula is C42H46N12O3S. The first-order valence-electron chi connectivity index (χ1n) is 20.6. The molecule has 5 aromatic heterocycles. The molecule has 5 fully saturated rings. The fraction of sp³-hybridized carbons (Fsp3) is 0.476. The smallest absolute Gasteiger partial charge is 0.234 e. The second kappa shape index (κ2) is 15.7. The molecule has 58 heavy (non-hydrogen) atoms. The maximum Gasteiger partial charge on any atom is 0.234 e. The monoisotopic (exact) mass is 798 g/mol. The normalized spacial score (nSPS) is 23.3. The Morgan fingerprint density at radius 2 is 1.74 bits per heavy atom. The molecular weight excluding hydrogens is 753 g/mol. The van der Waals surface area contributed by atoms with Gasteiger partial charge in [0.2, 0.25) is 16.9 Å². The van der Waals surface area contributed by atoms with Crippen molar-refractivity contribution in [2.75, 3.05) is 61.1 Å². The highest BCUT2D eigenvalue weighted by atomic mass is 32.1. The number of anilines is 3. The maximum atomic E-state index is 12.3. The Balaban J connectivity index is 0.791. The van der Waals surface area contributed by atoms with Gasteiger partial charge in [-0.3, -0.25) is 24.8 Å². The number of amides is 2. The molecule has 0 saturated carbocycles. The molecule has 0 spiro atoms. The first-order valence-corrected chi connectivity index (χ1v) is 21.4. The van der Waals surface area contributed by atoms with E-state index in [9.17, 15) is 14.9 Å². The minimum Gasteiger partial charge on any atom is -0.381 e. The average molecular weight is 799 g/mol. The third kappa shape index (κ3) is 7.27. The molecule has 15 nitrogen and oxygen atoms in total. The molecule has 5 aliphatic heterocycles. The highest BCUT2D eigenvalue weighted by Crippen LogP contribution is 2.41. The van der Waals surface area contributed by atoms with E-state index in [-0.39, 0.29) is 23.8 Å². The number of ether oxygens (including phenoxy) is 1. The second-order valence-corrected chi connectivity index (χ2v) is 17.3. The summed E-state index contributed by atoms with van der Waals surface area (Å²) in [6, 6.07) is 15.2. The number of nitrogens with one attached hydrogen (secondary N) is 2. The minimum atomic E-state index is -0.306. The summed E-state index contributed by atoms with van der Waals surface area (Å²) in [7, 11) is 0. The number of aromatic nitrogens is 6. The summed E-state index contributed by atoms with van der Waals surface area (Å²) in [4.78, 5) is 41.1. The summed E-state index contributed by atoms with van der Waals surface area (Å²) < 4.78 is 7.48. The molecule has 10 rings (SSSR count). The summed E-state index contributed by atoms with van der Waals surface area (Å²) in [6.45, 7) is 6.60. The van der Waals surface area contributed by atoms with Crippen molar-refractivity contribution in [3.8, 4) is 28.0 Å². The average Bonchev–Trinajstić information content (AvgIpc) is 3.97. The lowest BCUT2D eigenvalue weighted by Crippen LogP contribution is -2.55. The van der Waals surface area contributed by atoms with Gasteiger partial charge >= 0.3 is 0 Å². The zero-order chi connectivity index (χ0) is 39.2. The Kier molecular flexibility index (Phi) is 9.96. The zero-order valence-corrected chi connectivity index (χ0v) is 33.1. The predicted molar refractivity (Wildman–Crippen MR) is 220 cm³/mol. The van der Waals surface area contributed by atoms with Crippen molar-refractivity contribution < 1.29 is 14.3 Å². The zero-order valence-electron chi connectivity index (χ0n) is 32.3. The van der Waals surface area contributed by atoms with Crippen molar-refractivity contribution in [3.05, 3.63) is 66.1 Å². The second-order valence-electron chi connectivity index (χ2n) is 16.3. The van der Waals surface area contributed by atoms with Crippen LogP contribution in [0.25, 0.3) is 27.5 Å². The van der Waals surface area contributed by atoms with Crippen molar-refractivity contribution in [2.45, 2.75) is 75.4 Å². The number of rotatable bonds is 9. The van der Waals surface area contributed by atoms with Crippen molar-refractivity contribution in [1.29, 1.82) is 5.26 Å². The van der Waals surface area contributed by atoms with Crippen LogP contribution in [-0.4, -0.2) is 111 Å². The maximum absolute atomic E-state index is 12.3. The van der Waals surface area contributed by atoms with Crippen LogP contribution >= 0.6 is 11.3 Å². The van der Waals surface area contributed by atoms with Crippen molar-refractivity contribution in [2.24, 2.45) is 5.92 Å². The number of nitriles is 1. The van der Waals surface area contributed by atoms with E-state index < -0.39 is 0 Å². The van der Waals surface area contributed by atoms with Gasteiger partial charge in [0, 0.05) is 88.6 Å². The summed E-state index contributed by atoms with van der Waals surface area (Å²) in [5.41, 5.74) is 5.80. The molecule has 2 N–H and O–H groups in total. The topological polar surface area (TPSA) is 170 Å². The standard InChI is InChI=1S/C42H46N12O3S/c43-19-27-17-30-4-6-37(54(30)46-20-27)36-18-35(47-29-11-15-57-16-12-29)34(22-44-36)41-49-50-42(58-41)53-31-2-3-32(53)25-51(24-31)23-26-9-13-52(14-10-26)38-7-1-28(21-45-38)33-5-8-39(55)48-40(33)56/h1,4,6-7,17-18,20-22,26,29,31-33H,2-3,5,8-16,23-25H2,(H,44,47)(H,48,55,56)/t31?,32?,33-/m0/s1. The Labute approximate surface area is 340 Å². The molecule has 298 valence electrons. The van der Waals surface area contributed by atoms with Gasteiger partial charge in [-0.1, -0.05) is 17.4 Å². The number of likely N-dealkylation sites (tertiary alicyclic amines) is 1. The molecule has 2 bridgehead atoms. The van der Waals surface area contributed by atoms with E-state index in [2.05, 4.69) is 42.6 Å². The lowest BCUT2D eigenvalue weighted by molar-refractivity contribution is -0.134. The highest BCUT2D eigenvalue weighted by molar-refractivity contribution is 7.18. The fourth-order valence-corrected chi connectivity index (χ4v) is 10.6. The molecule has 5 aromatic rings. The van der Waals surface area contributed by atoms with Crippen LogP contribution in [0, 0.1) is 17.2 Å². The number of hydrogen-bond acceptors (Lipinski definition) is 14. The van der Waals surface area contributed by atoms with Crippen molar-refractivity contribution in [1.82, 2.24) is 40.0 Å². The van der Waals surface area contributed by atoms with Gasteiger partial charge in [-0.15, -0.1) is 10.2 Å². The molecule has 0 aliphatic carbocycles. The van der Waals surface area contributed by atoms with Crippen LogP contribution in [0.3, 0.4) is 0 Å². The molecule has 5 aliphatic rings. The number of piperidine rings is 2. The fourth-order valence-electron chi connectivity index (χ4n) is 9.59. The molecule has 0 radical (unpaired) electrons. The van der Waals surface area contributed by atoms with E-state index in [1.807, 2.05) is 47.2 Å². The molecule has 10 heterocycles. The molecule has 0 aromatic carbocycles. The van der Waals surface area contributed by atoms with Gasteiger partial charge in [-0.2, -0.15) is 10.4 Å². The summed E-state index contributed by atoms with van der Waals surface area (Å²) in [5.74, 6) is 0.878. The lowest BCUT2D eigenvalue weighted by Gasteiger charge is -2.43. The lowest BCUT2D eigenvalue weighted by atomic mass is 9.91. The quantitative estimate of drug-likeness (QED) is 0.194. The first-order chi connectivity index (χ1) is 28.5. The van der Waals surface area contributed by atoms with Gasteiger partial charge in [0.1, 0.15) is 11.9 Å². The number of pyridine rings is 2. The van der Waals surface area contributed by atoms with E-state index in [0.717, 1.165) is 134 Å². The van der Waals surface area contributed by atoms with E-state index in [1.165, 1.54) is 0 Å². The summed E-state index contributed by atoms with van der Waals surface area (Å²) in [6.07, 6.45) is 12.7. The van der Waals surface area contributed by atoms with Crippen LogP contribution < -0.4 is 20.4 Å². The number of fused-ring (bicyclic) bond motifs is 3. The molecule has 16 heteroatoms. The number of hydrogen-bond donors (Lipinski definition) is 2. The Hall–Kier alpha value is -5.50. The number of piperazine rings is 1. The largest absolute Gasteiger partial charge is 0.381 e. The Morgan fingerprint density at radius 1 is 0.914 bits per heavy atom. The van der Waals surface area contributed by atoms with Gasteiger partial charge in [0.15, 0.2) is 5.01 Å². The molecule has 2 amide bonds. The number of carbonyl (C=O) groups is 2. The third-order valence-electron chi connectivity index (χ3n) is 12.7. The van der Waals surface area contributed by atoms with E-state index in [1.54, 1.807) is 17.5 Å². The van der Waals surface area contributed by atoms with Gasteiger partial charge in [0.25, 0.3) is 0 Å². The SMILES string of the molecule is N#Cc1cnn2c(-c3cc(NC4CCOCC4)c(-c4nnc(N5C6CCC5CN(CC5CCN(c7ccc([C@@H]8CCC(=O)NC8=O)cn7)CC5)C6)s4)cn3)ccc2c1. The van der Waals surface area contributed by atoms with Crippen molar-refractivity contribution >= 4 is 45.3 Å². The summed E-state index contributed by atoms with van der Waals surface area (Å²) in [5, 5.41) is 31.6.